The van der Waals surface area contributed by atoms with Gasteiger partial charge in [-0.15, -0.1) is 10.2 Å². The van der Waals surface area contributed by atoms with Crippen LogP contribution >= 0.6 is 23.1 Å². The fourth-order valence-corrected chi connectivity index (χ4v) is 4.04. The molecule has 0 spiro atoms. The summed E-state index contributed by atoms with van der Waals surface area (Å²) < 4.78 is 0.882. The van der Waals surface area contributed by atoms with Crippen LogP contribution in [-0.4, -0.2) is 21.2 Å². The maximum Gasteiger partial charge on any atom is 0.176 e. The van der Waals surface area contributed by atoms with E-state index in [0.717, 1.165) is 29.2 Å². The number of nitrogens with zero attached hydrogens (tertiary/aromatic N) is 2. The van der Waals surface area contributed by atoms with Crippen molar-refractivity contribution in [2.45, 2.75) is 28.9 Å². The van der Waals surface area contributed by atoms with Gasteiger partial charge >= 0.3 is 0 Å². The van der Waals surface area contributed by atoms with Gasteiger partial charge in [-0.2, -0.15) is 0 Å². The molecule has 0 fully saturated rings. The molecule has 1 heterocycles. The molecule has 1 aliphatic rings. The zero-order valence-corrected chi connectivity index (χ0v) is 11.3. The third-order valence-electron chi connectivity index (χ3n) is 3.07. The Kier molecular flexibility index (Phi) is 3.43. The summed E-state index contributed by atoms with van der Waals surface area (Å²) in [5, 5.41) is 7.82. The summed E-state index contributed by atoms with van der Waals surface area (Å²) in [7, 11) is 0. The van der Waals surface area contributed by atoms with E-state index in [0.29, 0.717) is 0 Å². The van der Waals surface area contributed by atoms with Crippen molar-refractivity contribution in [2.24, 2.45) is 0 Å². The Hall–Kier alpha value is -1.20. The second-order valence-electron chi connectivity index (χ2n) is 4.22. The van der Waals surface area contributed by atoms with E-state index in [1.165, 1.54) is 16.9 Å². The van der Waals surface area contributed by atoms with Gasteiger partial charge in [-0.05, 0) is 24.8 Å². The van der Waals surface area contributed by atoms with Crippen molar-refractivity contribution >= 4 is 28.9 Å². The molecule has 0 bridgehead atoms. The summed E-state index contributed by atoms with van der Waals surface area (Å²) >= 11 is 3.05. The van der Waals surface area contributed by atoms with Crippen molar-refractivity contribution in [3.05, 3.63) is 40.9 Å². The molecule has 3 nitrogen and oxygen atoms in total. The average Bonchev–Trinajstić information content (AvgIpc) is 2.85. The molecule has 1 aromatic carbocycles. The third kappa shape index (κ3) is 2.33. The number of fused-ring (bicyclic) bond motifs is 1. The molecule has 1 unspecified atom stereocenters. The molecular weight excluding hydrogens is 264 g/mol. The predicted octanol–water partition coefficient (Wildman–Crippen LogP) is 3.22. The lowest BCUT2D eigenvalue weighted by atomic mass is 10.0. The standard InChI is InChI=1S/C13H12N2OS2/c16-12-10-6-2-1-4-9(10)5-3-7-11(12)18-13-15-14-8-17-13/h1-2,4,6,8,11H,3,5,7H2. The first-order chi connectivity index (χ1) is 8.84. The summed E-state index contributed by atoms with van der Waals surface area (Å²) in [4.78, 5) is 12.5. The summed E-state index contributed by atoms with van der Waals surface area (Å²) in [5.74, 6) is 0.239. The molecule has 1 aromatic heterocycles. The van der Waals surface area contributed by atoms with E-state index < -0.39 is 0 Å². The molecule has 5 heteroatoms. The first-order valence-electron chi connectivity index (χ1n) is 5.89. The SMILES string of the molecule is O=C1c2ccccc2CCCC1Sc1nncs1. The molecule has 0 amide bonds. The number of hydrogen-bond donors (Lipinski definition) is 0. The van der Waals surface area contributed by atoms with Gasteiger partial charge in [-0.25, -0.2) is 0 Å². The van der Waals surface area contributed by atoms with Crippen molar-refractivity contribution in [3.8, 4) is 0 Å². The van der Waals surface area contributed by atoms with E-state index in [1.807, 2.05) is 18.2 Å². The molecule has 18 heavy (non-hydrogen) atoms. The molecule has 0 radical (unpaired) electrons. The van der Waals surface area contributed by atoms with Crippen LogP contribution < -0.4 is 0 Å². The lowest BCUT2D eigenvalue weighted by Crippen LogP contribution is -2.16. The third-order valence-corrected chi connectivity index (χ3v) is 5.15. The minimum Gasteiger partial charge on any atom is -0.293 e. The monoisotopic (exact) mass is 276 g/mol. The average molecular weight is 276 g/mol. The topological polar surface area (TPSA) is 42.9 Å². The van der Waals surface area contributed by atoms with Gasteiger partial charge in [0.25, 0.3) is 0 Å². The van der Waals surface area contributed by atoms with Crippen molar-refractivity contribution in [3.63, 3.8) is 0 Å². The number of carbonyl (C=O) groups excluding carboxylic acids is 1. The highest BCUT2D eigenvalue weighted by molar-refractivity contribution is 8.02. The van der Waals surface area contributed by atoms with Gasteiger partial charge < -0.3 is 0 Å². The van der Waals surface area contributed by atoms with Gasteiger partial charge in [0.2, 0.25) is 0 Å². The zero-order chi connectivity index (χ0) is 12.4. The molecule has 0 saturated carbocycles. The fraction of sp³-hybridized carbons (Fsp3) is 0.308. The molecular formula is C13H12N2OS2. The Balaban J connectivity index is 1.87. The first kappa shape index (κ1) is 11.9. The maximum absolute atomic E-state index is 12.5. The van der Waals surface area contributed by atoms with Crippen LogP contribution in [0.5, 0.6) is 0 Å². The van der Waals surface area contributed by atoms with Crippen LogP contribution in [0.4, 0.5) is 0 Å². The van der Waals surface area contributed by atoms with Gasteiger partial charge in [0.05, 0.1) is 5.25 Å². The van der Waals surface area contributed by atoms with Crippen LogP contribution in [0.15, 0.2) is 34.1 Å². The van der Waals surface area contributed by atoms with Crippen molar-refractivity contribution in [1.82, 2.24) is 10.2 Å². The second-order valence-corrected chi connectivity index (χ2v) is 6.51. The highest BCUT2D eigenvalue weighted by Crippen LogP contribution is 2.33. The molecule has 1 aliphatic carbocycles. The molecule has 0 aliphatic heterocycles. The van der Waals surface area contributed by atoms with Crippen molar-refractivity contribution in [2.75, 3.05) is 0 Å². The number of thioether (sulfide) groups is 1. The van der Waals surface area contributed by atoms with E-state index in [1.54, 1.807) is 17.3 Å². The van der Waals surface area contributed by atoms with Crippen LogP contribution in [0.25, 0.3) is 0 Å². The Morgan fingerprint density at radius 3 is 3.06 bits per heavy atom. The van der Waals surface area contributed by atoms with E-state index in [2.05, 4.69) is 16.3 Å². The Labute approximate surface area is 114 Å². The minimum atomic E-state index is -0.0124. The number of benzene rings is 1. The largest absolute Gasteiger partial charge is 0.293 e. The quantitative estimate of drug-likeness (QED) is 0.790. The van der Waals surface area contributed by atoms with E-state index >= 15 is 0 Å². The Bertz CT molecular complexity index is 554. The molecule has 1 atom stereocenters. The van der Waals surface area contributed by atoms with Gasteiger partial charge in [0.15, 0.2) is 10.1 Å². The van der Waals surface area contributed by atoms with E-state index in [-0.39, 0.29) is 11.0 Å². The fourth-order valence-electron chi connectivity index (χ4n) is 2.21. The molecule has 0 saturated heterocycles. The van der Waals surface area contributed by atoms with Crippen LogP contribution in [-0.2, 0) is 6.42 Å². The number of hydrogen-bond acceptors (Lipinski definition) is 5. The van der Waals surface area contributed by atoms with E-state index in [9.17, 15) is 4.79 Å². The van der Waals surface area contributed by atoms with Gasteiger partial charge in [0.1, 0.15) is 5.51 Å². The van der Waals surface area contributed by atoms with Gasteiger partial charge in [-0.1, -0.05) is 47.4 Å². The predicted molar refractivity (Wildman–Crippen MR) is 73.3 cm³/mol. The van der Waals surface area contributed by atoms with Crippen LogP contribution in [0, 0.1) is 0 Å². The second kappa shape index (κ2) is 5.20. The van der Waals surface area contributed by atoms with Crippen LogP contribution in [0.1, 0.15) is 28.8 Å². The Morgan fingerprint density at radius 1 is 1.33 bits per heavy atom. The highest BCUT2D eigenvalue weighted by atomic mass is 32.2. The summed E-state index contributed by atoms with van der Waals surface area (Å²) in [6, 6.07) is 7.95. The number of ketones is 1. The van der Waals surface area contributed by atoms with Crippen LogP contribution in [0.3, 0.4) is 0 Å². The molecule has 0 N–H and O–H groups in total. The van der Waals surface area contributed by atoms with Crippen molar-refractivity contribution < 1.29 is 4.79 Å². The number of rotatable bonds is 2. The number of carbonyl (C=O) groups is 1. The Morgan fingerprint density at radius 2 is 2.22 bits per heavy atom. The summed E-state index contributed by atoms with van der Waals surface area (Å²) in [6.07, 6.45) is 2.96. The summed E-state index contributed by atoms with van der Waals surface area (Å²) in [6.45, 7) is 0. The summed E-state index contributed by atoms with van der Waals surface area (Å²) in [5.41, 5.74) is 3.78. The number of aryl methyl sites for hydroxylation is 1. The van der Waals surface area contributed by atoms with Crippen LogP contribution in [0.2, 0.25) is 0 Å². The smallest absolute Gasteiger partial charge is 0.176 e. The lowest BCUT2D eigenvalue weighted by Gasteiger charge is -2.10. The van der Waals surface area contributed by atoms with Gasteiger partial charge in [-0.3, -0.25) is 4.79 Å². The minimum absolute atomic E-state index is 0.0124. The number of Topliss-reactive ketones (excluding diaryl/α,β-unsaturated/α-hetero) is 1. The molecule has 92 valence electrons. The van der Waals surface area contributed by atoms with Gasteiger partial charge in [0, 0.05) is 5.56 Å². The van der Waals surface area contributed by atoms with E-state index in [4.69, 9.17) is 0 Å². The lowest BCUT2D eigenvalue weighted by molar-refractivity contribution is 0.0988. The molecule has 3 rings (SSSR count). The first-order valence-corrected chi connectivity index (χ1v) is 7.65. The maximum atomic E-state index is 12.5. The number of aromatic nitrogens is 2. The zero-order valence-electron chi connectivity index (χ0n) is 9.70. The highest BCUT2D eigenvalue weighted by Gasteiger charge is 2.26. The molecule has 2 aromatic rings. The van der Waals surface area contributed by atoms with Crippen molar-refractivity contribution in [1.29, 1.82) is 0 Å². The normalized spacial score (nSPS) is 19.3.